The van der Waals surface area contributed by atoms with Crippen molar-refractivity contribution in [3.63, 3.8) is 0 Å². The molecule has 0 unspecified atom stereocenters. The van der Waals surface area contributed by atoms with Gasteiger partial charge in [0.1, 0.15) is 0 Å². The molecule has 0 aromatic heterocycles. The average molecular weight is 441 g/mol. The molecule has 1 aliphatic rings. The number of sulfonamides is 1. The summed E-state index contributed by atoms with van der Waals surface area (Å²) >= 11 is 12.0. The van der Waals surface area contributed by atoms with E-state index in [0.717, 1.165) is 0 Å². The first-order valence-corrected chi connectivity index (χ1v) is 10.8. The van der Waals surface area contributed by atoms with Crippen molar-refractivity contribution in [3.05, 3.63) is 63.6 Å². The van der Waals surface area contributed by atoms with E-state index < -0.39 is 10.0 Å². The molecule has 1 aliphatic heterocycles. The Labute approximate surface area is 173 Å². The number of halogens is 2. The first kappa shape index (κ1) is 20.8. The molecule has 0 atom stereocenters. The van der Waals surface area contributed by atoms with Crippen LogP contribution >= 0.6 is 23.2 Å². The van der Waals surface area contributed by atoms with Crippen LogP contribution in [0, 0.1) is 0 Å². The van der Waals surface area contributed by atoms with Crippen LogP contribution in [0.25, 0.3) is 0 Å². The standard InChI is InChI=1S/C19H18Cl2N2O4S/c1-13(24)14-2-5-16(6-3-14)28(26,27)23-10-8-22(9-11-23)19(25)17-12-15(20)4-7-18(17)21/h2-7,12H,8-11H2,1H3. The van der Waals surface area contributed by atoms with Gasteiger partial charge >= 0.3 is 0 Å². The third-order valence-corrected chi connectivity index (χ3v) is 7.06. The molecule has 1 heterocycles. The lowest BCUT2D eigenvalue weighted by atomic mass is 10.2. The predicted octanol–water partition coefficient (Wildman–Crippen LogP) is 3.34. The molecule has 0 spiro atoms. The summed E-state index contributed by atoms with van der Waals surface area (Å²) in [6.45, 7) is 2.24. The van der Waals surface area contributed by atoms with Crippen LogP contribution in [0.5, 0.6) is 0 Å². The summed E-state index contributed by atoms with van der Waals surface area (Å²) in [7, 11) is -3.70. The van der Waals surface area contributed by atoms with E-state index in [9.17, 15) is 18.0 Å². The zero-order chi connectivity index (χ0) is 20.5. The van der Waals surface area contributed by atoms with Crippen molar-refractivity contribution in [2.24, 2.45) is 0 Å². The van der Waals surface area contributed by atoms with Crippen molar-refractivity contribution in [2.45, 2.75) is 11.8 Å². The van der Waals surface area contributed by atoms with Crippen LogP contribution in [-0.4, -0.2) is 55.5 Å². The Hall–Kier alpha value is -1.93. The molecule has 2 aromatic carbocycles. The van der Waals surface area contributed by atoms with Gasteiger partial charge in [0, 0.05) is 36.8 Å². The maximum absolute atomic E-state index is 12.8. The molecule has 3 rings (SSSR count). The van der Waals surface area contributed by atoms with Crippen LogP contribution in [-0.2, 0) is 10.0 Å². The number of hydrogen-bond acceptors (Lipinski definition) is 4. The summed E-state index contributed by atoms with van der Waals surface area (Å²) < 4.78 is 27.0. The molecule has 0 radical (unpaired) electrons. The monoisotopic (exact) mass is 440 g/mol. The summed E-state index contributed by atoms with van der Waals surface area (Å²) in [4.78, 5) is 25.7. The van der Waals surface area contributed by atoms with Crippen LogP contribution in [0.3, 0.4) is 0 Å². The molecule has 148 valence electrons. The van der Waals surface area contributed by atoms with Crippen LogP contribution < -0.4 is 0 Å². The number of piperazine rings is 1. The second kappa shape index (κ2) is 8.21. The second-order valence-corrected chi connectivity index (χ2v) is 9.18. The van der Waals surface area contributed by atoms with Crippen molar-refractivity contribution >= 4 is 44.9 Å². The molecule has 1 amide bonds. The molecule has 1 saturated heterocycles. The SMILES string of the molecule is CC(=O)c1ccc(S(=O)(=O)N2CCN(C(=O)c3cc(Cl)ccc3Cl)CC2)cc1. The smallest absolute Gasteiger partial charge is 0.255 e. The van der Waals surface area contributed by atoms with Gasteiger partial charge in [-0.1, -0.05) is 35.3 Å². The summed E-state index contributed by atoms with van der Waals surface area (Å²) in [5, 5.41) is 0.706. The minimum absolute atomic E-state index is 0.121. The van der Waals surface area contributed by atoms with E-state index in [1.807, 2.05) is 0 Å². The Kier molecular flexibility index (Phi) is 6.09. The van der Waals surface area contributed by atoms with Crippen molar-refractivity contribution in [2.75, 3.05) is 26.2 Å². The van der Waals surface area contributed by atoms with Gasteiger partial charge in [0.2, 0.25) is 10.0 Å². The lowest BCUT2D eigenvalue weighted by Crippen LogP contribution is -2.50. The Balaban J connectivity index is 1.71. The number of carbonyl (C=O) groups excluding carboxylic acids is 2. The molecule has 1 fully saturated rings. The van der Waals surface area contributed by atoms with Crippen LogP contribution in [0.2, 0.25) is 10.0 Å². The second-order valence-electron chi connectivity index (χ2n) is 6.40. The maximum Gasteiger partial charge on any atom is 0.255 e. The van der Waals surface area contributed by atoms with Gasteiger partial charge in [-0.25, -0.2) is 8.42 Å². The summed E-state index contributed by atoms with van der Waals surface area (Å²) in [6.07, 6.45) is 0. The topological polar surface area (TPSA) is 74.8 Å². The summed E-state index contributed by atoms with van der Waals surface area (Å²) in [6, 6.07) is 10.5. The number of ketones is 1. The van der Waals surface area contributed by atoms with Crippen molar-refractivity contribution < 1.29 is 18.0 Å². The van der Waals surface area contributed by atoms with Gasteiger partial charge in [0.25, 0.3) is 5.91 Å². The molecule has 28 heavy (non-hydrogen) atoms. The number of carbonyl (C=O) groups is 2. The van der Waals surface area contributed by atoms with E-state index in [0.29, 0.717) is 21.2 Å². The summed E-state index contributed by atoms with van der Waals surface area (Å²) in [5.41, 5.74) is 0.748. The molecule has 0 aliphatic carbocycles. The Morgan fingerprint density at radius 1 is 0.929 bits per heavy atom. The minimum atomic E-state index is -3.70. The Morgan fingerprint density at radius 3 is 2.11 bits per heavy atom. The maximum atomic E-state index is 12.8. The van der Waals surface area contributed by atoms with E-state index in [4.69, 9.17) is 23.2 Å². The quantitative estimate of drug-likeness (QED) is 0.683. The van der Waals surface area contributed by atoms with Crippen molar-refractivity contribution in [1.82, 2.24) is 9.21 Å². The lowest BCUT2D eigenvalue weighted by molar-refractivity contribution is 0.0698. The van der Waals surface area contributed by atoms with E-state index in [2.05, 4.69) is 0 Å². The molecular weight excluding hydrogens is 423 g/mol. The van der Waals surface area contributed by atoms with Gasteiger partial charge in [-0.05, 0) is 37.3 Å². The average Bonchev–Trinajstić information content (AvgIpc) is 2.69. The zero-order valence-corrected chi connectivity index (χ0v) is 17.4. The van der Waals surface area contributed by atoms with E-state index in [-0.39, 0.29) is 42.8 Å². The normalized spacial score (nSPS) is 15.5. The van der Waals surface area contributed by atoms with Crippen molar-refractivity contribution in [1.29, 1.82) is 0 Å². The Bertz CT molecular complexity index is 1010. The van der Waals surface area contributed by atoms with Crippen LogP contribution in [0.15, 0.2) is 47.4 Å². The summed E-state index contributed by atoms with van der Waals surface area (Å²) in [5.74, 6) is -0.411. The fraction of sp³-hybridized carbons (Fsp3) is 0.263. The highest BCUT2D eigenvalue weighted by Gasteiger charge is 2.31. The highest BCUT2D eigenvalue weighted by Crippen LogP contribution is 2.24. The van der Waals surface area contributed by atoms with Crippen LogP contribution in [0.1, 0.15) is 27.6 Å². The third-order valence-electron chi connectivity index (χ3n) is 4.58. The zero-order valence-electron chi connectivity index (χ0n) is 15.1. The van der Waals surface area contributed by atoms with E-state index in [1.54, 1.807) is 17.0 Å². The van der Waals surface area contributed by atoms with Gasteiger partial charge < -0.3 is 4.90 Å². The molecule has 6 nitrogen and oxygen atoms in total. The predicted molar refractivity (Wildman–Crippen MR) is 108 cm³/mol. The van der Waals surface area contributed by atoms with Gasteiger partial charge in [-0.3, -0.25) is 9.59 Å². The Morgan fingerprint density at radius 2 is 1.54 bits per heavy atom. The third kappa shape index (κ3) is 4.22. The largest absolute Gasteiger partial charge is 0.336 e. The first-order chi connectivity index (χ1) is 13.2. The molecule has 2 aromatic rings. The molecule has 0 N–H and O–H groups in total. The fourth-order valence-electron chi connectivity index (χ4n) is 2.97. The number of rotatable bonds is 4. The fourth-order valence-corrected chi connectivity index (χ4v) is 4.77. The molecular formula is C19H18Cl2N2O4S. The number of hydrogen-bond donors (Lipinski definition) is 0. The number of benzene rings is 2. The highest BCUT2D eigenvalue weighted by molar-refractivity contribution is 7.89. The van der Waals surface area contributed by atoms with E-state index in [1.165, 1.54) is 41.6 Å². The molecule has 0 bridgehead atoms. The van der Waals surface area contributed by atoms with Crippen LogP contribution in [0.4, 0.5) is 0 Å². The van der Waals surface area contributed by atoms with Gasteiger partial charge in [0.15, 0.2) is 5.78 Å². The molecule has 9 heteroatoms. The van der Waals surface area contributed by atoms with Gasteiger partial charge in [0.05, 0.1) is 15.5 Å². The van der Waals surface area contributed by atoms with E-state index >= 15 is 0 Å². The number of nitrogens with zero attached hydrogens (tertiary/aromatic N) is 2. The number of amides is 1. The molecule has 0 saturated carbocycles. The van der Waals surface area contributed by atoms with Gasteiger partial charge in [-0.15, -0.1) is 0 Å². The van der Waals surface area contributed by atoms with Gasteiger partial charge in [-0.2, -0.15) is 4.31 Å². The lowest BCUT2D eigenvalue weighted by Gasteiger charge is -2.34. The number of Topliss-reactive ketones (excluding diaryl/α,β-unsaturated/α-hetero) is 1. The first-order valence-electron chi connectivity index (χ1n) is 8.55. The van der Waals surface area contributed by atoms with Crippen molar-refractivity contribution in [3.8, 4) is 0 Å². The minimum Gasteiger partial charge on any atom is -0.336 e. The highest BCUT2D eigenvalue weighted by atomic mass is 35.5.